The predicted molar refractivity (Wildman–Crippen MR) is 132 cm³/mol. The van der Waals surface area contributed by atoms with Crippen LogP contribution in [0.5, 0.6) is 0 Å². The van der Waals surface area contributed by atoms with Crippen LogP contribution in [0.1, 0.15) is 55.3 Å². The number of sulfonamides is 1. The Hall–Kier alpha value is -2.42. The molecule has 2 aromatic carbocycles. The number of piperidine rings is 1. The van der Waals surface area contributed by atoms with Gasteiger partial charge in [0.1, 0.15) is 0 Å². The Morgan fingerprint density at radius 3 is 2.09 bits per heavy atom. The van der Waals surface area contributed by atoms with E-state index < -0.39 is 10.0 Å². The summed E-state index contributed by atoms with van der Waals surface area (Å²) in [5.41, 5.74) is 1.14. The normalized spacial score (nSPS) is 18.0. The van der Waals surface area contributed by atoms with Crippen LogP contribution in [-0.2, 0) is 14.8 Å². The van der Waals surface area contributed by atoms with Gasteiger partial charge in [-0.05, 0) is 74.2 Å². The monoisotopic (exact) mass is 503 g/mol. The molecule has 0 aromatic heterocycles. The maximum Gasteiger partial charge on any atom is 0.253 e. The molecule has 0 atom stereocenters. The molecule has 1 aliphatic heterocycles. The quantitative estimate of drug-likeness (QED) is 0.609. The third-order valence-electron chi connectivity index (χ3n) is 6.60. The first-order chi connectivity index (χ1) is 16.3. The fourth-order valence-electron chi connectivity index (χ4n) is 4.59. The molecule has 1 saturated carbocycles. The number of nitrogens with zero attached hydrogens (tertiary/aromatic N) is 1. The van der Waals surface area contributed by atoms with E-state index in [1.54, 1.807) is 41.3 Å². The third kappa shape index (κ3) is 6.17. The molecule has 9 heteroatoms. The van der Waals surface area contributed by atoms with Crippen LogP contribution in [0.25, 0.3) is 0 Å². The van der Waals surface area contributed by atoms with Gasteiger partial charge < -0.3 is 10.2 Å². The topological polar surface area (TPSA) is 95.6 Å². The number of hydrogen-bond acceptors (Lipinski definition) is 4. The van der Waals surface area contributed by atoms with Crippen molar-refractivity contribution in [2.45, 2.75) is 55.9 Å². The SMILES string of the molecule is O=C(Nc1ccc(S(=O)(=O)NC2CCCCC2)cc1)C1CCN(C(=O)c2ccc(Cl)cc2)CC1. The lowest BCUT2D eigenvalue weighted by Crippen LogP contribution is -2.41. The number of rotatable bonds is 6. The lowest BCUT2D eigenvalue weighted by molar-refractivity contribution is -0.121. The van der Waals surface area contributed by atoms with E-state index >= 15 is 0 Å². The molecular weight excluding hydrogens is 474 g/mol. The Labute approximate surface area is 205 Å². The number of anilines is 1. The van der Waals surface area contributed by atoms with Gasteiger partial charge >= 0.3 is 0 Å². The van der Waals surface area contributed by atoms with Crippen LogP contribution in [-0.4, -0.2) is 44.3 Å². The van der Waals surface area contributed by atoms with Gasteiger partial charge in [0.2, 0.25) is 15.9 Å². The number of amides is 2. The van der Waals surface area contributed by atoms with Crippen molar-refractivity contribution >= 4 is 39.1 Å². The van der Waals surface area contributed by atoms with Gasteiger partial charge in [-0.15, -0.1) is 0 Å². The third-order valence-corrected chi connectivity index (χ3v) is 8.39. The first-order valence-corrected chi connectivity index (χ1v) is 13.7. The van der Waals surface area contributed by atoms with Crippen molar-refractivity contribution in [2.75, 3.05) is 18.4 Å². The van der Waals surface area contributed by atoms with Gasteiger partial charge in [-0.3, -0.25) is 9.59 Å². The lowest BCUT2D eigenvalue weighted by Gasteiger charge is -2.31. The summed E-state index contributed by atoms with van der Waals surface area (Å²) in [6, 6.07) is 13.1. The smallest absolute Gasteiger partial charge is 0.253 e. The van der Waals surface area contributed by atoms with Crippen molar-refractivity contribution in [3.8, 4) is 0 Å². The number of nitrogens with one attached hydrogen (secondary N) is 2. The molecule has 0 radical (unpaired) electrons. The molecule has 1 saturated heterocycles. The summed E-state index contributed by atoms with van der Waals surface area (Å²) in [6.07, 6.45) is 6.14. The molecule has 0 bridgehead atoms. The highest BCUT2D eigenvalue weighted by atomic mass is 35.5. The van der Waals surface area contributed by atoms with E-state index in [1.165, 1.54) is 12.1 Å². The van der Waals surface area contributed by atoms with Crippen LogP contribution < -0.4 is 10.0 Å². The second kappa shape index (κ2) is 10.9. The number of hydrogen-bond donors (Lipinski definition) is 2. The zero-order valence-electron chi connectivity index (χ0n) is 19.0. The number of carbonyl (C=O) groups is 2. The molecule has 4 rings (SSSR count). The fraction of sp³-hybridized carbons (Fsp3) is 0.440. The molecule has 2 N–H and O–H groups in total. The van der Waals surface area contributed by atoms with Crippen molar-refractivity contribution in [3.05, 3.63) is 59.1 Å². The van der Waals surface area contributed by atoms with E-state index in [0.717, 1.165) is 32.1 Å². The summed E-state index contributed by atoms with van der Waals surface area (Å²) in [6.45, 7) is 1.01. The molecule has 2 aromatic rings. The molecule has 0 spiro atoms. The molecule has 1 aliphatic carbocycles. The van der Waals surface area contributed by atoms with E-state index in [9.17, 15) is 18.0 Å². The summed E-state index contributed by atoms with van der Waals surface area (Å²) < 4.78 is 28.1. The van der Waals surface area contributed by atoms with Crippen molar-refractivity contribution in [2.24, 2.45) is 5.92 Å². The van der Waals surface area contributed by atoms with Crippen LogP contribution in [0, 0.1) is 5.92 Å². The van der Waals surface area contributed by atoms with Gasteiger partial charge in [-0.1, -0.05) is 30.9 Å². The molecule has 7 nitrogen and oxygen atoms in total. The number of benzene rings is 2. The maximum absolute atomic E-state index is 12.7. The minimum Gasteiger partial charge on any atom is -0.339 e. The molecule has 182 valence electrons. The highest BCUT2D eigenvalue weighted by Gasteiger charge is 2.28. The summed E-state index contributed by atoms with van der Waals surface area (Å²) in [4.78, 5) is 27.3. The minimum absolute atomic E-state index is 0.00410. The van der Waals surface area contributed by atoms with Crippen LogP contribution in [0.15, 0.2) is 53.4 Å². The second-order valence-electron chi connectivity index (χ2n) is 9.04. The number of halogens is 1. The van der Waals surface area contributed by atoms with Gasteiger partial charge in [0.15, 0.2) is 0 Å². The Morgan fingerprint density at radius 2 is 1.47 bits per heavy atom. The standard InChI is InChI=1S/C25H30ClN3O4S/c26-20-8-6-19(7-9-20)25(31)29-16-14-18(15-17-29)24(30)27-21-10-12-23(13-11-21)34(32,33)28-22-4-2-1-3-5-22/h6-13,18,22,28H,1-5,14-17H2,(H,27,30). The minimum atomic E-state index is -3.57. The summed E-state index contributed by atoms with van der Waals surface area (Å²) in [5, 5.41) is 3.46. The van der Waals surface area contributed by atoms with Crippen LogP contribution in [0.4, 0.5) is 5.69 Å². The first-order valence-electron chi connectivity index (χ1n) is 11.8. The summed E-state index contributed by atoms with van der Waals surface area (Å²) in [5.74, 6) is -0.380. The molecule has 0 unspecified atom stereocenters. The average molecular weight is 504 g/mol. The van der Waals surface area contributed by atoms with Crippen molar-refractivity contribution in [3.63, 3.8) is 0 Å². The average Bonchev–Trinajstić information content (AvgIpc) is 2.85. The Morgan fingerprint density at radius 1 is 0.853 bits per heavy atom. The van der Waals surface area contributed by atoms with E-state index in [4.69, 9.17) is 11.6 Å². The van der Waals surface area contributed by atoms with E-state index in [-0.39, 0.29) is 28.7 Å². The molecule has 1 heterocycles. The van der Waals surface area contributed by atoms with E-state index in [2.05, 4.69) is 10.0 Å². The predicted octanol–water partition coefficient (Wildman–Crippen LogP) is 4.44. The van der Waals surface area contributed by atoms with E-state index in [0.29, 0.717) is 42.2 Å². The van der Waals surface area contributed by atoms with Gasteiger partial charge in [0, 0.05) is 41.3 Å². The van der Waals surface area contributed by atoms with Gasteiger partial charge in [0.05, 0.1) is 4.90 Å². The molecule has 34 heavy (non-hydrogen) atoms. The van der Waals surface area contributed by atoms with Crippen molar-refractivity contribution in [1.29, 1.82) is 0 Å². The zero-order valence-corrected chi connectivity index (χ0v) is 20.6. The zero-order chi connectivity index (χ0) is 24.1. The molecule has 2 aliphatic rings. The lowest BCUT2D eigenvalue weighted by atomic mass is 9.95. The van der Waals surface area contributed by atoms with Crippen LogP contribution in [0.2, 0.25) is 5.02 Å². The number of carbonyl (C=O) groups excluding carboxylic acids is 2. The van der Waals surface area contributed by atoms with Crippen molar-refractivity contribution in [1.82, 2.24) is 9.62 Å². The highest BCUT2D eigenvalue weighted by Crippen LogP contribution is 2.23. The highest BCUT2D eigenvalue weighted by molar-refractivity contribution is 7.89. The Kier molecular flexibility index (Phi) is 7.91. The Balaban J connectivity index is 1.28. The van der Waals surface area contributed by atoms with Crippen LogP contribution >= 0.6 is 11.6 Å². The second-order valence-corrected chi connectivity index (χ2v) is 11.2. The van der Waals surface area contributed by atoms with Gasteiger partial charge in [0.25, 0.3) is 5.91 Å². The van der Waals surface area contributed by atoms with E-state index in [1.807, 2.05) is 0 Å². The van der Waals surface area contributed by atoms with Crippen molar-refractivity contribution < 1.29 is 18.0 Å². The largest absolute Gasteiger partial charge is 0.339 e. The fourth-order valence-corrected chi connectivity index (χ4v) is 6.02. The first kappa shape index (κ1) is 24.7. The summed E-state index contributed by atoms with van der Waals surface area (Å²) >= 11 is 5.89. The Bertz CT molecular complexity index is 1110. The molecule has 2 amide bonds. The molecular formula is C25H30ClN3O4S. The van der Waals surface area contributed by atoms with Gasteiger partial charge in [-0.25, -0.2) is 13.1 Å². The summed E-state index contributed by atoms with van der Waals surface area (Å²) in [7, 11) is -3.57. The molecule has 2 fully saturated rings. The van der Waals surface area contributed by atoms with Gasteiger partial charge in [-0.2, -0.15) is 0 Å². The van der Waals surface area contributed by atoms with Crippen LogP contribution in [0.3, 0.4) is 0 Å². The number of likely N-dealkylation sites (tertiary alicyclic amines) is 1. The maximum atomic E-state index is 12.7.